The molecule has 11 atom stereocenters. The van der Waals surface area contributed by atoms with Crippen molar-refractivity contribution in [2.24, 2.45) is 16.7 Å². The molecule has 0 amide bonds. The Balaban J connectivity index is 1.58. The van der Waals surface area contributed by atoms with Gasteiger partial charge in [-0.05, 0) is 19.4 Å². The monoisotopic (exact) mass is 394 g/mol. The van der Waals surface area contributed by atoms with Crippen molar-refractivity contribution in [2.45, 2.75) is 68.6 Å². The summed E-state index contributed by atoms with van der Waals surface area (Å²) in [6.07, 6.45) is -3.06. The molecule has 4 heterocycles. The Morgan fingerprint density at radius 1 is 1.14 bits per heavy atom. The van der Waals surface area contributed by atoms with Crippen LogP contribution >= 0.6 is 0 Å². The third-order valence-electron chi connectivity index (χ3n) is 8.10. The molecule has 6 aliphatic rings. The highest BCUT2D eigenvalue weighted by Crippen LogP contribution is 2.75. The summed E-state index contributed by atoms with van der Waals surface area (Å²) < 4.78 is 23.0. The van der Waals surface area contributed by atoms with Gasteiger partial charge in [0.15, 0.2) is 11.7 Å². The van der Waals surface area contributed by atoms with Crippen LogP contribution in [-0.2, 0) is 28.5 Å². The molecule has 4 aliphatic heterocycles. The highest BCUT2D eigenvalue weighted by Gasteiger charge is 2.89. The van der Waals surface area contributed by atoms with E-state index in [0.717, 1.165) is 0 Å². The zero-order chi connectivity index (χ0) is 20.0. The fourth-order valence-corrected chi connectivity index (χ4v) is 6.75. The normalized spacial score (nSPS) is 59.5. The minimum atomic E-state index is -1.75. The van der Waals surface area contributed by atoms with E-state index in [1.54, 1.807) is 6.92 Å². The van der Waals surface area contributed by atoms with Crippen LogP contribution in [0.2, 0.25) is 0 Å². The van der Waals surface area contributed by atoms with Gasteiger partial charge in [-0.25, -0.2) is 4.79 Å². The Labute approximate surface area is 160 Å². The molecule has 2 aliphatic carbocycles. The third-order valence-corrected chi connectivity index (χ3v) is 8.10. The first-order valence-corrected chi connectivity index (χ1v) is 9.53. The summed E-state index contributed by atoms with van der Waals surface area (Å²) in [6.45, 7) is 4.32. The summed E-state index contributed by atoms with van der Waals surface area (Å²) in [6, 6.07) is 0. The average Bonchev–Trinajstić information content (AvgIpc) is 3.53. The maximum atomic E-state index is 12.9. The van der Waals surface area contributed by atoms with Crippen molar-refractivity contribution in [3.63, 3.8) is 0 Å². The summed E-state index contributed by atoms with van der Waals surface area (Å²) in [4.78, 5) is 25.3. The molecule has 0 aromatic heterocycles. The van der Waals surface area contributed by atoms with E-state index in [1.807, 2.05) is 6.92 Å². The number of esters is 2. The summed E-state index contributed by atoms with van der Waals surface area (Å²) in [5, 5.41) is 31.3. The minimum Gasteiger partial charge on any atom is -0.459 e. The fraction of sp³-hybridized carbons (Fsp3) is 0.789. The number of rotatable bonds is 2. The van der Waals surface area contributed by atoms with Gasteiger partial charge in [0.2, 0.25) is 0 Å². The number of epoxide rings is 2. The number of aliphatic hydroxyl groups is 3. The molecule has 0 unspecified atom stereocenters. The quantitative estimate of drug-likeness (QED) is 0.374. The SMILES string of the molecule is C[C@@]12C(=O)O[C@H]3[C@@H]1[C@@](C)(C1=CC(=O)O[C@H]([C@@](C)(O)CO)[C@]14O[C@H]34)[C@@H]1O[C@@H]1[C@H]2O. The number of hydrogen-bond donors (Lipinski definition) is 3. The van der Waals surface area contributed by atoms with E-state index in [4.69, 9.17) is 18.9 Å². The summed E-state index contributed by atoms with van der Waals surface area (Å²) in [5.41, 5.74) is -4.37. The molecule has 9 nitrogen and oxygen atoms in total. The summed E-state index contributed by atoms with van der Waals surface area (Å²) in [7, 11) is 0. The predicted molar refractivity (Wildman–Crippen MR) is 87.5 cm³/mol. The van der Waals surface area contributed by atoms with Gasteiger partial charge in [0.05, 0.1) is 18.8 Å². The molecule has 3 N–H and O–H groups in total. The van der Waals surface area contributed by atoms with Crippen LogP contribution in [0.5, 0.6) is 0 Å². The van der Waals surface area contributed by atoms with Crippen LogP contribution in [0.3, 0.4) is 0 Å². The third kappa shape index (κ3) is 1.51. The zero-order valence-electron chi connectivity index (χ0n) is 15.6. The summed E-state index contributed by atoms with van der Waals surface area (Å²) >= 11 is 0. The van der Waals surface area contributed by atoms with E-state index in [-0.39, 0.29) is 0 Å². The van der Waals surface area contributed by atoms with Gasteiger partial charge >= 0.3 is 11.9 Å². The van der Waals surface area contributed by atoms with Gasteiger partial charge in [-0.2, -0.15) is 0 Å². The molecule has 152 valence electrons. The molecular formula is C19H22O9. The fourth-order valence-electron chi connectivity index (χ4n) is 6.75. The van der Waals surface area contributed by atoms with Gasteiger partial charge in [-0.15, -0.1) is 0 Å². The van der Waals surface area contributed by atoms with Crippen molar-refractivity contribution < 1.29 is 43.9 Å². The van der Waals surface area contributed by atoms with Crippen molar-refractivity contribution in [1.29, 1.82) is 0 Å². The Hall–Kier alpha value is -1.52. The number of aliphatic hydroxyl groups excluding tert-OH is 2. The molecule has 0 radical (unpaired) electrons. The molecule has 9 heteroatoms. The highest BCUT2D eigenvalue weighted by atomic mass is 16.7. The second kappa shape index (κ2) is 4.46. The molecule has 0 bridgehead atoms. The number of carbonyl (C=O) groups is 2. The first-order chi connectivity index (χ1) is 13.0. The number of fused-ring (bicyclic) bond motifs is 4. The number of cyclic esters (lactones) is 1. The highest BCUT2D eigenvalue weighted by molar-refractivity contribution is 5.88. The lowest BCUT2D eigenvalue weighted by Gasteiger charge is -2.54. The first kappa shape index (κ1) is 17.3. The second-order valence-corrected chi connectivity index (χ2v) is 9.60. The van der Waals surface area contributed by atoms with Crippen LogP contribution in [-0.4, -0.2) is 81.7 Å². The first-order valence-electron chi connectivity index (χ1n) is 9.53. The largest absolute Gasteiger partial charge is 0.459 e. The van der Waals surface area contributed by atoms with E-state index in [9.17, 15) is 24.9 Å². The van der Waals surface area contributed by atoms with Crippen molar-refractivity contribution >= 4 is 11.9 Å². The lowest BCUT2D eigenvalue weighted by Crippen LogP contribution is -2.68. The van der Waals surface area contributed by atoms with Crippen LogP contribution in [0.25, 0.3) is 0 Å². The van der Waals surface area contributed by atoms with Crippen LogP contribution in [0.4, 0.5) is 0 Å². The van der Waals surface area contributed by atoms with Gasteiger partial charge < -0.3 is 34.3 Å². The topological polar surface area (TPSA) is 138 Å². The van der Waals surface area contributed by atoms with E-state index in [0.29, 0.717) is 5.57 Å². The smallest absolute Gasteiger partial charge is 0.331 e. The lowest BCUT2D eigenvalue weighted by molar-refractivity contribution is -0.178. The zero-order valence-corrected chi connectivity index (χ0v) is 15.6. The van der Waals surface area contributed by atoms with E-state index >= 15 is 0 Å². The van der Waals surface area contributed by atoms with Gasteiger partial charge in [-0.3, -0.25) is 4.79 Å². The lowest BCUT2D eigenvalue weighted by atomic mass is 9.46. The van der Waals surface area contributed by atoms with E-state index in [2.05, 4.69) is 0 Å². The molecule has 3 saturated heterocycles. The predicted octanol–water partition coefficient (Wildman–Crippen LogP) is -1.57. The molecule has 28 heavy (non-hydrogen) atoms. The standard InChI is InChI=1S/C19H22O9/c1-16(24,5-20)14-19-6(4-7(21)25-14)17(2)10-8(13(19)28-19)27-15(23)18(10,3)11(22)9-12(17)26-9/h4,8-14,20,22,24H,5H2,1-3H3/t8-,9+,10+,11+,12+,13+,14+,16-,17+,18+,19-/m0/s1. The minimum absolute atomic E-state index is 0.406. The number of ether oxygens (including phenoxy) is 4. The van der Waals surface area contributed by atoms with Crippen molar-refractivity contribution in [3.05, 3.63) is 11.6 Å². The molecule has 6 rings (SSSR count). The van der Waals surface area contributed by atoms with Gasteiger partial charge in [0, 0.05) is 17.4 Å². The van der Waals surface area contributed by atoms with Gasteiger partial charge in [0.1, 0.15) is 29.3 Å². The van der Waals surface area contributed by atoms with Gasteiger partial charge in [-0.1, -0.05) is 6.92 Å². The Bertz CT molecular complexity index is 865. The molecule has 2 saturated carbocycles. The van der Waals surface area contributed by atoms with Crippen LogP contribution in [0.15, 0.2) is 11.6 Å². The number of carbonyl (C=O) groups excluding carboxylic acids is 2. The van der Waals surface area contributed by atoms with Crippen molar-refractivity contribution in [2.75, 3.05) is 6.61 Å². The Morgan fingerprint density at radius 3 is 2.54 bits per heavy atom. The molecule has 0 aromatic carbocycles. The Kier molecular flexibility index (Phi) is 2.77. The maximum Gasteiger partial charge on any atom is 0.331 e. The summed E-state index contributed by atoms with van der Waals surface area (Å²) in [5.74, 6) is -1.62. The van der Waals surface area contributed by atoms with Crippen LogP contribution in [0, 0.1) is 16.7 Å². The van der Waals surface area contributed by atoms with E-state index in [1.165, 1.54) is 13.0 Å². The van der Waals surface area contributed by atoms with Gasteiger partial charge in [0.25, 0.3) is 0 Å². The van der Waals surface area contributed by atoms with Crippen LogP contribution in [0.1, 0.15) is 20.8 Å². The maximum absolute atomic E-state index is 12.9. The molecule has 1 spiro atoms. The van der Waals surface area contributed by atoms with E-state index < -0.39 is 83.1 Å². The molecule has 5 fully saturated rings. The molecule has 0 aromatic rings. The molecular weight excluding hydrogens is 372 g/mol. The van der Waals surface area contributed by atoms with Crippen LogP contribution < -0.4 is 0 Å². The second-order valence-electron chi connectivity index (χ2n) is 9.60. The Morgan fingerprint density at radius 2 is 1.86 bits per heavy atom. The van der Waals surface area contributed by atoms with Crippen molar-refractivity contribution in [1.82, 2.24) is 0 Å². The van der Waals surface area contributed by atoms with Crippen molar-refractivity contribution in [3.8, 4) is 0 Å². The number of hydrogen-bond acceptors (Lipinski definition) is 9. The average molecular weight is 394 g/mol.